The van der Waals surface area contributed by atoms with Gasteiger partial charge in [-0.15, -0.1) is 5.10 Å². The summed E-state index contributed by atoms with van der Waals surface area (Å²) in [6, 6.07) is 7.28. The number of hydrogen-bond donors (Lipinski definition) is 1. The Hall–Kier alpha value is -4.69. The van der Waals surface area contributed by atoms with Crippen LogP contribution in [0.1, 0.15) is 33.7 Å². The van der Waals surface area contributed by atoms with Crippen LogP contribution in [0.15, 0.2) is 65.8 Å². The summed E-state index contributed by atoms with van der Waals surface area (Å²) in [5.41, 5.74) is -1.08. The van der Waals surface area contributed by atoms with Gasteiger partial charge in [0.25, 0.3) is 11.5 Å². The van der Waals surface area contributed by atoms with E-state index in [1.807, 2.05) is 0 Å². The summed E-state index contributed by atoms with van der Waals surface area (Å²) < 4.78 is 87.4. The summed E-state index contributed by atoms with van der Waals surface area (Å²) in [5.74, 6) is -2.52. The molecule has 1 unspecified atom stereocenters. The van der Waals surface area contributed by atoms with Crippen LogP contribution in [0, 0.1) is 11.6 Å². The summed E-state index contributed by atoms with van der Waals surface area (Å²) in [7, 11) is 0. The van der Waals surface area contributed by atoms with Gasteiger partial charge in [0, 0.05) is 31.1 Å². The molecule has 0 aliphatic heterocycles. The van der Waals surface area contributed by atoms with Crippen molar-refractivity contribution in [2.75, 3.05) is 0 Å². The first kappa shape index (κ1) is 29.3. The normalized spacial score (nSPS) is 12.2. The Bertz CT molecular complexity index is 1570. The van der Waals surface area contributed by atoms with E-state index >= 15 is 0 Å². The lowest BCUT2D eigenvalue weighted by Gasteiger charge is -2.11. The molecule has 3 heterocycles. The summed E-state index contributed by atoms with van der Waals surface area (Å²) in [6.07, 6.45) is -2.47. The molecule has 0 aliphatic rings. The Kier molecular flexibility index (Phi) is 9.04. The molecule has 0 spiro atoms. The van der Waals surface area contributed by atoms with Gasteiger partial charge in [0.15, 0.2) is 17.3 Å². The molecule has 0 radical (unpaired) electrons. The van der Waals surface area contributed by atoms with Crippen LogP contribution in [0.2, 0.25) is 0 Å². The van der Waals surface area contributed by atoms with Gasteiger partial charge in [-0.05, 0) is 42.3 Å². The highest BCUT2D eigenvalue weighted by Gasteiger charge is 2.30. The molecule has 216 valence electrons. The Balaban J connectivity index is 1.24. The summed E-state index contributed by atoms with van der Waals surface area (Å²) in [4.78, 5) is 28.4. The molecule has 4 rings (SSSR count). The monoisotopic (exact) mass is 580 g/mol. The number of halogens is 6. The average Bonchev–Trinajstić information content (AvgIpc) is 3.39. The average molecular weight is 580 g/mol. The van der Waals surface area contributed by atoms with Crippen molar-refractivity contribution < 1.29 is 35.9 Å². The number of nitrogens with zero attached hydrogens (tertiary/aromatic N) is 5. The number of benzene rings is 1. The van der Waals surface area contributed by atoms with Gasteiger partial charge in [0.05, 0.1) is 30.5 Å². The van der Waals surface area contributed by atoms with Crippen LogP contribution in [0.4, 0.5) is 26.3 Å². The SMILES string of the molecule is O=C(NCc1cc(C(F)(F)F)ccn1)c1cn(CC(F)CCn2ccc(COc3ccc(F)cc3F)cc2=O)nn1. The van der Waals surface area contributed by atoms with Crippen LogP contribution in [0.25, 0.3) is 0 Å². The van der Waals surface area contributed by atoms with Crippen molar-refractivity contribution in [2.45, 2.75) is 45.0 Å². The summed E-state index contributed by atoms with van der Waals surface area (Å²) in [5, 5.41) is 9.73. The van der Waals surface area contributed by atoms with E-state index in [9.17, 15) is 35.9 Å². The third kappa shape index (κ3) is 8.16. The van der Waals surface area contributed by atoms with E-state index in [4.69, 9.17) is 4.74 Å². The van der Waals surface area contributed by atoms with Gasteiger partial charge in [0.1, 0.15) is 18.6 Å². The number of carbonyl (C=O) groups excluding carboxylic acids is 1. The Morgan fingerprint density at radius 2 is 1.90 bits per heavy atom. The molecule has 1 amide bonds. The van der Waals surface area contributed by atoms with Crippen LogP contribution >= 0.6 is 0 Å². The molecule has 0 saturated carbocycles. The smallest absolute Gasteiger partial charge is 0.416 e. The molecule has 1 atom stereocenters. The zero-order chi connectivity index (χ0) is 29.6. The first-order chi connectivity index (χ1) is 19.5. The number of hydrogen-bond acceptors (Lipinski definition) is 6. The summed E-state index contributed by atoms with van der Waals surface area (Å²) in [6.45, 7) is -0.660. The van der Waals surface area contributed by atoms with Gasteiger partial charge in [-0.2, -0.15) is 13.2 Å². The van der Waals surface area contributed by atoms with E-state index in [1.54, 1.807) is 6.07 Å². The van der Waals surface area contributed by atoms with Crippen molar-refractivity contribution >= 4 is 5.91 Å². The maximum atomic E-state index is 14.6. The van der Waals surface area contributed by atoms with E-state index < -0.39 is 41.0 Å². The predicted molar refractivity (Wildman–Crippen MR) is 131 cm³/mol. The van der Waals surface area contributed by atoms with E-state index in [2.05, 4.69) is 20.6 Å². The van der Waals surface area contributed by atoms with Crippen LogP contribution in [-0.2, 0) is 32.4 Å². The zero-order valence-corrected chi connectivity index (χ0v) is 21.1. The number of aromatic nitrogens is 5. The Morgan fingerprint density at radius 1 is 1.10 bits per heavy atom. The van der Waals surface area contributed by atoms with Crippen LogP contribution in [-0.4, -0.2) is 36.6 Å². The predicted octanol–water partition coefficient (Wildman–Crippen LogP) is 4.07. The highest BCUT2D eigenvalue weighted by Crippen LogP contribution is 2.29. The van der Waals surface area contributed by atoms with Crippen molar-refractivity contribution in [3.05, 3.63) is 106 Å². The number of alkyl halides is 4. The second-order valence-electron chi connectivity index (χ2n) is 8.86. The lowest BCUT2D eigenvalue weighted by molar-refractivity contribution is -0.137. The number of nitrogens with one attached hydrogen (secondary N) is 1. The van der Waals surface area contributed by atoms with Crippen molar-refractivity contribution in [2.24, 2.45) is 0 Å². The fourth-order valence-corrected chi connectivity index (χ4v) is 3.65. The number of rotatable bonds is 11. The lowest BCUT2D eigenvalue weighted by Crippen LogP contribution is -2.24. The number of carbonyl (C=O) groups is 1. The second-order valence-corrected chi connectivity index (χ2v) is 8.86. The van der Waals surface area contributed by atoms with Crippen LogP contribution < -0.4 is 15.6 Å². The van der Waals surface area contributed by atoms with Gasteiger partial charge in [0.2, 0.25) is 0 Å². The van der Waals surface area contributed by atoms with Gasteiger partial charge in [-0.25, -0.2) is 17.9 Å². The first-order valence-electron chi connectivity index (χ1n) is 12.1. The van der Waals surface area contributed by atoms with Crippen molar-refractivity contribution in [3.8, 4) is 5.75 Å². The minimum atomic E-state index is -4.55. The molecule has 41 heavy (non-hydrogen) atoms. The van der Waals surface area contributed by atoms with Crippen molar-refractivity contribution in [3.63, 3.8) is 0 Å². The van der Waals surface area contributed by atoms with Gasteiger partial charge in [-0.1, -0.05) is 5.21 Å². The van der Waals surface area contributed by atoms with Gasteiger partial charge >= 0.3 is 6.18 Å². The molecule has 9 nitrogen and oxygen atoms in total. The molecular weight excluding hydrogens is 558 g/mol. The van der Waals surface area contributed by atoms with E-state index in [-0.39, 0.29) is 49.8 Å². The molecule has 15 heteroatoms. The van der Waals surface area contributed by atoms with E-state index in [1.165, 1.54) is 23.0 Å². The second kappa shape index (κ2) is 12.7. The van der Waals surface area contributed by atoms with Crippen molar-refractivity contribution in [1.29, 1.82) is 0 Å². The Labute approximate surface area is 228 Å². The maximum absolute atomic E-state index is 14.6. The van der Waals surface area contributed by atoms with Crippen LogP contribution in [0.3, 0.4) is 0 Å². The van der Waals surface area contributed by atoms with Gasteiger partial charge < -0.3 is 14.6 Å². The molecule has 1 aromatic carbocycles. The fourth-order valence-electron chi connectivity index (χ4n) is 3.65. The zero-order valence-electron chi connectivity index (χ0n) is 21.1. The van der Waals surface area contributed by atoms with E-state index in [0.717, 1.165) is 35.1 Å². The summed E-state index contributed by atoms with van der Waals surface area (Å²) >= 11 is 0. The number of amides is 1. The molecule has 0 saturated heterocycles. The minimum Gasteiger partial charge on any atom is -0.486 e. The minimum absolute atomic E-state index is 0.0121. The highest BCUT2D eigenvalue weighted by molar-refractivity contribution is 5.91. The molecular formula is C26H22F6N6O3. The third-order valence-corrected chi connectivity index (χ3v) is 5.76. The molecule has 4 aromatic rings. The van der Waals surface area contributed by atoms with E-state index in [0.29, 0.717) is 11.6 Å². The van der Waals surface area contributed by atoms with Crippen molar-refractivity contribution in [1.82, 2.24) is 29.9 Å². The largest absolute Gasteiger partial charge is 0.486 e. The third-order valence-electron chi connectivity index (χ3n) is 5.76. The quantitative estimate of drug-likeness (QED) is 0.269. The molecule has 3 aromatic heterocycles. The first-order valence-corrected chi connectivity index (χ1v) is 12.1. The molecule has 0 aliphatic carbocycles. The number of pyridine rings is 2. The molecule has 0 fully saturated rings. The molecule has 1 N–H and O–H groups in total. The Morgan fingerprint density at radius 3 is 2.63 bits per heavy atom. The standard InChI is InChI=1S/C26H22F6N6O3/c27-18-1-2-23(21(29)11-18)41-15-16-4-7-37(24(39)9-16)8-5-19(28)13-38-14-22(35-36-38)25(40)34-12-20-10-17(3-6-33-20)26(30,31)32/h1-4,6-7,9-11,14,19H,5,8,12-13,15H2,(H,34,40). The maximum Gasteiger partial charge on any atom is 0.416 e. The van der Waals surface area contributed by atoms with Gasteiger partial charge in [-0.3, -0.25) is 14.6 Å². The molecule has 0 bridgehead atoms. The topological polar surface area (TPSA) is 104 Å². The lowest BCUT2D eigenvalue weighted by atomic mass is 10.2. The number of aryl methyl sites for hydroxylation is 1. The highest BCUT2D eigenvalue weighted by atomic mass is 19.4. The fraction of sp³-hybridized carbons (Fsp3) is 0.269. The van der Waals surface area contributed by atoms with Crippen LogP contribution in [0.5, 0.6) is 5.75 Å². The number of ether oxygens (including phenoxy) is 1.